The van der Waals surface area contributed by atoms with Crippen molar-refractivity contribution in [3.05, 3.63) is 23.4 Å². The third-order valence-electron chi connectivity index (χ3n) is 1.61. The van der Waals surface area contributed by atoms with E-state index in [2.05, 4.69) is 5.10 Å². The topological polar surface area (TPSA) is 32.7 Å². The van der Waals surface area contributed by atoms with Crippen molar-refractivity contribution in [3.63, 3.8) is 0 Å². The van der Waals surface area contributed by atoms with E-state index < -0.39 is 0 Å². The molecular formula is C9H12N2O. The fourth-order valence-electron chi connectivity index (χ4n) is 0.892. The number of hydrogen-bond donors (Lipinski definition) is 0. The van der Waals surface area contributed by atoms with Crippen LogP contribution in [0.25, 0.3) is 0 Å². The summed E-state index contributed by atoms with van der Waals surface area (Å²) in [5, 5.41) is 5.62. The average Bonchev–Trinajstić information content (AvgIpc) is 2.14. The average molecular weight is 164 g/mol. The third-order valence-corrected chi connectivity index (χ3v) is 1.61. The fraction of sp³-hybridized carbons (Fsp3) is 0.333. The van der Waals surface area contributed by atoms with E-state index in [4.69, 9.17) is 0 Å². The summed E-state index contributed by atoms with van der Waals surface area (Å²) < 4.78 is 0. The fourth-order valence-corrected chi connectivity index (χ4v) is 0.892. The molecule has 0 N–H and O–H groups in total. The summed E-state index contributed by atoms with van der Waals surface area (Å²) in [4.78, 5) is 11.3. The van der Waals surface area contributed by atoms with Crippen molar-refractivity contribution in [3.8, 4) is 0 Å². The molecule has 0 atom stereocenters. The molecular weight excluding hydrogens is 152 g/mol. The monoisotopic (exact) mass is 164 g/mol. The van der Waals surface area contributed by atoms with Crippen molar-refractivity contribution >= 4 is 12.0 Å². The number of hydrogen-bond acceptors (Lipinski definition) is 3. The molecule has 0 saturated heterocycles. The molecule has 1 rings (SSSR count). The van der Waals surface area contributed by atoms with Crippen molar-refractivity contribution in [2.75, 3.05) is 7.05 Å². The second-order valence-corrected chi connectivity index (χ2v) is 2.91. The van der Waals surface area contributed by atoms with Crippen LogP contribution in [0.3, 0.4) is 0 Å². The van der Waals surface area contributed by atoms with E-state index in [-0.39, 0.29) is 5.78 Å². The minimum absolute atomic E-state index is 0.0168. The smallest absolute Gasteiger partial charge is 0.188 e. The maximum atomic E-state index is 11.3. The lowest BCUT2D eigenvalue weighted by molar-refractivity contribution is -0.110. The Kier molecular flexibility index (Phi) is 2.43. The van der Waals surface area contributed by atoms with Gasteiger partial charge in [-0.3, -0.25) is 9.80 Å². The van der Waals surface area contributed by atoms with Gasteiger partial charge in [-0.2, -0.15) is 5.10 Å². The lowest BCUT2D eigenvalue weighted by Crippen LogP contribution is -2.00. The normalized spacial score (nSPS) is 16.8. The first-order chi connectivity index (χ1) is 5.61. The second kappa shape index (κ2) is 3.34. The van der Waals surface area contributed by atoms with Gasteiger partial charge in [-0.1, -0.05) is 5.57 Å². The molecule has 0 unspecified atom stereocenters. The molecule has 1 aliphatic rings. The Bertz CT molecular complexity index is 283. The number of rotatable bonds is 0. The van der Waals surface area contributed by atoms with Crippen LogP contribution in [0.1, 0.15) is 13.8 Å². The largest absolute Gasteiger partial charge is 0.289 e. The first-order valence-electron chi connectivity index (χ1n) is 3.78. The summed E-state index contributed by atoms with van der Waals surface area (Å²) in [5.74, 6) is 0.0168. The highest BCUT2D eigenvalue weighted by molar-refractivity contribution is 6.19. The van der Waals surface area contributed by atoms with Crippen LogP contribution in [0.4, 0.5) is 0 Å². The van der Waals surface area contributed by atoms with E-state index in [9.17, 15) is 4.79 Å². The number of ketones is 1. The molecule has 0 aromatic carbocycles. The van der Waals surface area contributed by atoms with Crippen LogP contribution in [0.2, 0.25) is 0 Å². The SMILES string of the molecule is CC(C)=C1C=NN(C)C=CC1=O. The number of allylic oxidation sites excluding steroid dienone is 3. The lowest BCUT2D eigenvalue weighted by Gasteiger charge is -2.01. The first kappa shape index (κ1) is 8.71. The van der Waals surface area contributed by atoms with Gasteiger partial charge in [-0.05, 0) is 13.8 Å². The van der Waals surface area contributed by atoms with Crippen molar-refractivity contribution in [1.29, 1.82) is 0 Å². The molecule has 0 amide bonds. The Morgan fingerprint density at radius 3 is 2.75 bits per heavy atom. The van der Waals surface area contributed by atoms with Gasteiger partial charge in [-0.25, -0.2) is 0 Å². The first-order valence-corrected chi connectivity index (χ1v) is 3.78. The minimum Gasteiger partial charge on any atom is -0.289 e. The highest BCUT2D eigenvalue weighted by atomic mass is 16.1. The van der Waals surface area contributed by atoms with E-state index in [1.54, 1.807) is 24.5 Å². The standard InChI is InChI=1S/C9H12N2O/c1-7(2)8-6-10-11(3)5-4-9(8)12/h4-6H,1-3H3. The lowest BCUT2D eigenvalue weighted by atomic mass is 10.1. The van der Waals surface area contributed by atoms with Gasteiger partial charge in [0.2, 0.25) is 0 Å². The van der Waals surface area contributed by atoms with E-state index >= 15 is 0 Å². The highest BCUT2D eigenvalue weighted by Crippen LogP contribution is 2.06. The Hall–Kier alpha value is -1.38. The number of nitrogens with zero attached hydrogens (tertiary/aromatic N) is 2. The van der Waals surface area contributed by atoms with Crippen LogP contribution in [-0.4, -0.2) is 24.1 Å². The molecule has 3 heteroatoms. The Morgan fingerprint density at radius 2 is 2.17 bits per heavy atom. The molecule has 0 aromatic heterocycles. The van der Waals surface area contributed by atoms with Crippen molar-refractivity contribution in [1.82, 2.24) is 5.01 Å². The zero-order valence-electron chi connectivity index (χ0n) is 7.53. The minimum atomic E-state index is 0.0168. The Balaban J connectivity index is 3.07. The summed E-state index contributed by atoms with van der Waals surface area (Å²) in [6, 6.07) is 0. The predicted octanol–water partition coefficient (Wildman–Crippen LogP) is 1.34. The van der Waals surface area contributed by atoms with Crippen molar-refractivity contribution in [2.45, 2.75) is 13.8 Å². The van der Waals surface area contributed by atoms with Crippen molar-refractivity contribution in [2.24, 2.45) is 5.10 Å². The van der Waals surface area contributed by atoms with E-state index in [0.717, 1.165) is 5.57 Å². The van der Waals surface area contributed by atoms with Gasteiger partial charge >= 0.3 is 0 Å². The van der Waals surface area contributed by atoms with Gasteiger partial charge in [0.1, 0.15) is 0 Å². The number of hydrazone groups is 1. The number of carbonyl (C=O) groups excluding carboxylic acids is 1. The summed E-state index contributed by atoms with van der Waals surface area (Å²) in [5.41, 5.74) is 1.67. The molecule has 0 bridgehead atoms. The molecule has 0 spiro atoms. The molecule has 1 heterocycles. The Labute approximate surface area is 72.1 Å². The zero-order valence-corrected chi connectivity index (χ0v) is 7.53. The molecule has 12 heavy (non-hydrogen) atoms. The van der Waals surface area contributed by atoms with E-state index in [1.807, 2.05) is 13.8 Å². The molecule has 64 valence electrons. The summed E-state index contributed by atoms with van der Waals surface area (Å²) in [6.07, 6.45) is 4.77. The Morgan fingerprint density at radius 1 is 1.50 bits per heavy atom. The molecule has 0 radical (unpaired) electrons. The van der Waals surface area contributed by atoms with E-state index in [1.165, 1.54) is 6.08 Å². The number of carbonyl (C=O) groups is 1. The maximum Gasteiger partial charge on any atom is 0.188 e. The van der Waals surface area contributed by atoms with Crippen LogP contribution in [0.15, 0.2) is 28.5 Å². The maximum absolute atomic E-state index is 11.3. The van der Waals surface area contributed by atoms with Gasteiger partial charge < -0.3 is 0 Å². The summed E-state index contributed by atoms with van der Waals surface area (Å²) in [6.45, 7) is 3.80. The van der Waals surface area contributed by atoms with Crippen LogP contribution in [0, 0.1) is 0 Å². The summed E-state index contributed by atoms with van der Waals surface area (Å²) in [7, 11) is 1.79. The zero-order chi connectivity index (χ0) is 9.14. The van der Waals surface area contributed by atoms with Crippen LogP contribution >= 0.6 is 0 Å². The van der Waals surface area contributed by atoms with Crippen molar-refractivity contribution < 1.29 is 4.79 Å². The molecule has 1 aliphatic heterocycles. The summed E-state index contributed by atoms with van der Waals surface area (Å²) >= 11 is 0. The predicted molar refractivity (Wildman–Crippen MR) is 48.8 cm³/mol. The van der Waals surface area contributed by atoms with Gasteiger partial charge in [0.05, 0.1) is 6.21 Å². The highest BCUT2D eigenvalue weighted by Gasteiger charge is 2.08. The van der Waals surface area contributed by atoms with Crippen LogP contribution in [0.5, 0.6) is 0 Å². The van der Waals surface area contributed by atoms with E-state index in [0.29, 0.717) is 5.57 Å². The van der Waals surface area contributed by atoms with Gasteiger partial charge in [0, 0.05) is 24.9 Å². The quantitative estimate of drug-likeness (QED) is 0.506. The van der Waals surface area contributed by atoms with Gasteiger partial charge in [-0.15, -0.1) is 0 Å². The molecule has 0 aliphatic carbocycles. The van der Waals surface area contributed by atoms with Gasteiger partial charge in [0.25, 0.3) is 0 Å². The van der Waals surface area contributed by atoms with Crippen LogP contribution < -0.4 is 0 Å². The van der Waals surface area contributed by atoms with Crippen LogP contribution in [-0.2, 0) is 4.79 Å². The van der Waals surface area contributed by atoms with Gasteiger partial charge in [0.15, 0.2) is 5.78 Å². The second-order valence-electron chi connectivity index (χ2n) is 2.91. The molecule has 3 nitrogen and oxygen atoms in total. The molecule has 0 aromatic rings. The molecule has 0 fully saturated rings. The third kappa shape index (κ3) is 1.81. The molecule has 0 saturated carbocycles.